The van der Waals surface area contributed by atoms with Crippen molar-refractivity contribution in [3.8, 4) is 0 Å². The number of aliphatic hydroxyl groups is 1. The van der Waals surface area contributed by atoms with Crippen LogP contribution >= 0.6 is 0 Å². The second-order valence-corrected chi connectivity index (χ2v) is 4.25. The van der Waals surface area contributed by atoms with E-state index in [1.54, 1.807) is 0 Å². The molecule has 0 radical (unpaired) electrons. The third-order valence-corrected chi connectivity index (χ3v) is 2.74. The van der Waals surface area contributed by atoms with Gasteiger partial charge in [-0.3, -0.25) is 0 Å². The molecule has 0 aliphatic rings. The van der Waals surface area contributed by atoms with Crippen LogP contribution in [0.1, 0.15) is 6.42 Å². The standard InChI is InChI=1S/C14H18N4O/c1-18(8-5-9-19)14-10-13(15-11-16-14)17-12-6-3-2-4-7-12/h2-4,6-7,10-11,19H,5,8-9H2,1H3,(H,15,16,17). The molecule has 19 heavy (non-hydrogen) atoms. The number of anilines is 3. The van der Waals surface area contributed by atoms with Gasteiger partial charge in [-0.05, 0) is 18.6 Å². The zero-order valence-corrected chi connectivity index (χ0v) is 11.0. The first-order valence-electron chi connectivity index (χ1n) is 6.25. The zero-order valence-electron chi connectivity index (χ0n) is 11.0. The second kappa shape index (κ2) is 6.70. The predicted molar refractivity (Wildman–Crippen MR) is 76.7 cm³/mol. The molecular weight excluding hydrogens is 240 g/mol. The fraction of sp³-hybridized carbons (Fsp3) is 0.286. The van der Waals surface area contributed by atoms with E-state index < -0.39 is 0 Å². The summed E-state index contributed by atoms with van der Waals surface area (Å²) in [4.78, 5) is 10.4. The lowest BCUT2D eigenvalue weighted by molar-refractivity contribution is 0.290. The molecule has 100 valence electrons. The number of hydrogen-bond acceptors (Lipinski definition) is 5. The maximum atomic E-state index is 8.84. The second-order valence-electron chi connectivity index (χ2n) is 4.25. The minimum atomic E-state index is 0.185. The molecule has 0 saturated heterocycles. The molecule has 2 aromatic rings. The van der Waals surface area contributed by atoms with Crippen LogP contribution in [-0.2, 0) is 0 Å². The molecule has 0 amide bonds. The summed E-state index contributed by atoms with van der Waals surface area (Å²) >= 11 is 0. The van der Waals surface area contributed by atoms with E-state index in [9.17, 15) is 0 Å². The Balaban J connectivity index is 2.06. The average Bonchev–Trinajstić information content (AvgIpc) is 2.46. The molecule has 0 aliphatic heterocycles. The average molecular weight is 258 g/mol. The molecule has 0 fully saturated rings. The Bertz CT molecular complexity index is 504. The largest absolute Gasteiger partial charge is 0.396 e. The quantitative estimate of drug-likeness (QED) is 0.830. The van der Waals surface area contributed by atoms with Gasteiger partial charge in [0.25, 0.3) is 0 Å². The van der Waals surface area contributed by atoms with Gasteiger partial charge in [0.05, 0.1) is 0 Å². The number of benzene rings is 1. The van der Waals surface area contributed by atoms with Crippen LogP contribution in [0.2, 0.25) is 0 Å². The Hall–Kier alpha value is -2.14. The van der Waals surface area contributed by atoms with Crippen LogP contribution in [0.25, 0.3) is 0 Å². The van der Waals surface area contributed by atoms with Gasteiger partial charge in [-0.25, -0.2) is 9.97 Å². The number of nitrogens with one attached hydrogen (secondary N) is 1. The molecule has 2 N–H and O–H groups in total. The first-order valence-corrected chi connectivity index (χ1v) is 6.25. The van der Waals surface area contributed by atoms with Crippen molar-refractivity contribution in [1.29, 1.82) is 0 Å². The van der Waals surface area contributed by atoms with Gasteiger partial charge in [-0.15, -0.1) is 0 Å². The summed E-state index contributed by atoms with van der Waals surface area (Å²) in [6.45, 7) is 0.947. The monoisotopic (exact) mass is 258 g/mol. The Morgan fingerprint density at radius 3 is 2.74 bits per heavy atom. The van der Waals surface area contributed by atoms with Crippen LogP contribution < -0.4 is 10.2 Å². The van der Waals surface area contributed by atoms with Gasteiger partial charge >= 0.3 is 0 Å². The number of hydrogen-bond donors (Lipinski definition) is 2. The Morgan fingerprint density at radius 1 is 1.21 bits per heavy atom. The fourth-order valence-corrected chi connectivity index (χ4v) is 1.72. The van der Waals surface area contributed by atoms with Crippen molar-refractivity contribution >= 4 is 17.3 Å². The smallest absolute Gasteiger partial charge is 0.135 e. The van der Waals surface area contributed by atoms with E-state index in [-0.39, 0.29) is 6.61 Å². The van der Waals surface area contributed by atoms with Crippen LogP contribution in [0.15, 0.2) is 42.7 Å². The van der Waals surface area contributed by atoms with Gasteiger partial charge in [0, 0.05) is 32.0 Å². The Kier molecular flexibility index (Phi) is 4.69. The minimum Gasteiger partial charge on any atom is -0.396 e. The van der Waals surface area contributed by atoms with Crippen molar-refractivity contribution in [2.24, 2.45) is 0 Å². The fourth-order valence-electron chi connectivity index (χ4n) is 1.72. The number of rotatable bonds is 6. The molecule has 0 unspecified atom stereocenters. The molecular formula is C14H18N4O. The van der Waals surface area contributed by atoms with E-state index in [2.05, 4.69) is 15.3 Å². The topological polar surface area (TPSA) is 61.3 Å². The van der Waals surface area contributed by atoms with E-state index >= 15 is 0 Å². The number of para-hydroxylation sites is 1. The van der Waals surface area contributed by atoms with E-state index in [0.717, 1.165) is 30.3 Å². The third-order valence-electron chi connectivity index (χ3n) is 2.74. The summed E-state index contributed by atoms with van der Waals surface area (Å²) in [5, 5.41) is 12.1. The summed E-state index contributed by atoms with van der Waals surface area (Å²) < 4.78 is 0. The maximum absolute atomic E-state index is 8.84. The number of aliphatic hydroxyl groups excluding tert-OH is 1. The molecule has 1 aromatic carbocycles. The summed E-state index contributed by atoms with van der Waals surface area (Å²) in [6, 6.07) is 11.8. The molecule has 1 heterocycles. The van der Waals surface area contributed by atoms with Gasteiger partial charge in [0.1, 0.15) is 18.0 Å². The highest BCUT2D eigenvalue weighted by molar-refractivity contribution is 5.58. The van der Waals surface area contributed by atoms with Gasteiger partial charge in [-0.1, -0.05) is 18.2 Å². The Labute approximate surface area is 112 Å². The van der Waals surface area contributed by atoms with Crippen molar-refractivity contribution in [2.45, 2.75) is 6.42 Å². The summed E-state index contributed by atoms with van der Waals surface area (Å²) in [5.41, 5.74) is 0.991. The number of aromatic nitrogens is 2. The highest BCUT2D eigenvalue weighted by Gasteiger charge is 2.04. The predicted octanol–water partition coefficient (Wildman–Crippen LogP) is 2.04. The highest BCUT2D eigenvalue weighted by Crippen LogP contribution is 2.17. The zero-order chi connectivity index (χ0) is 13.5. The molecule has 2 rings (SSSR count). The Morgan fingerprint density at radius 2 is 2.00 bits per heavy atom. The summed E-state index contributed by atoms with van der Waals surface area (Å²) in [5.74, 6) is 1.59. The first-order chi connectivity index (χ1) is 9.29. The van der Waals surface area contributed by atoms with E-state index in [0.29, 0.717) is 0 Å². The first kappa shape index (κ1) is 13.3. The van der Waals surface area contributed by atoms with Crippen molar-refractivity contribution in [3.63, 3.8) is 0 Å². The SMILES string of the molecule is CN(CCCO)c1cc(Nc2ccccc2)ncn1. The van der Waals surface area contributed by atoms with Gasteiger partial charge in [-0.2, -0.15) is 0 Å². The maximum Gasteiger partial charge on any atom is 0.135 e. The molecule has 0 aliphatic carbocycles. The van der Waals surface area contributed by atoms with Crippen molar-refractivity contribution < 1.29 is 5.11 Å². The van der Waals surface area contributed by atoms with Gasteiger partial charge < -0.3 is 15.3 Å². The summed E-state index contributed by atoms with van der Waals surface area (Å²) in [7, 11) is 1.95. The van der Waals surface area contributed by atoms with Crippen molar-refractivity contribution in [3.05, 3.63) is 42.7 Å². The lowest BCUT2D eigenvalue weighted by atomic mass is 10.3. The molecule has 0 atom stereocenters. The van der Waals surface area contributed by atoms with Gasteiger partial charge in [0.15, 0.2) is 0 Å². The highest BCUT2D eigenvalue weighted by atomic mass is 16.3. The van der Waals surface area contributed by atoms with E-state index in [4.69, 9.17) is 5.11 Å². The minimum absolute atomic E-state index is 0.185. The lowest BCUT2D eigenvalue weighted by Crippen LogP contribution is -2.20. The molecule has 1 aromatic heterocycles. The van der Waals surface area contributed by atoms with Gasteiger partial charge in [0.2, 0.25) is 0 Å². The molecule has 0 bridgehead atoms. The lowest BCUT2D eigenvalue weighted by Gasteiger charge is -2.17. The third kappa shape index (κ3) is 3.93. The van der Waals surface area contributed by atoms with Crippen LogP contribution in [0, 0.1) is 0 Å². The number of nitrogens with zero attached hydrogens (tertiary/aromatic N) is 3. The normalized spacial score (nSPS) is 10.2. The van der Waals surface area contributed by atoms with Crippen molar-refractivity contribution in [2.75, 3.05) is 30.4 Å². The molecule has 5 nitrogen and oxygen atoms in total. The van der Waals surface area contributed by atoms with Crippen LogP contribution in [0.4, 0.5) is 17.3 Å². The van der Waals surface area contributed by atoms with Crippen LogP contribution in [-0.4, -0.2) is 35.3 Å². The molecule has 5 heteroatoms. The van der Waals surface area contributed by atoms with Crippen LogP contribution in [0.5, 0.6) is 0 Å². The van der Waals surface area contributed by atoms with E-state index in [1.165, 1.54) is 6.33 Å². The van der Waals surface area contributed by atoms with Crippen LogP contribution in [0.3, 0.4) is 0 Å². The molecule has 0 saturated carbocycles. The molecule has 0 spiro atoms. The summed E-state index contributed by atoms with van der Waals surface area (Å²) in [6.07, 6.45) is 2.26. The van der Waals surface area contributed by atoms with Crippen molar-refractivity contribution in [1.82, 2.24) is 9.97 Å². The van der Waals surface area contributed by atoms with E-state index in [1.807, 2.05) is 48.3 Å².